The lowest BCUT2D eigenvalue weighted by atomic mass is 9.83. The third kappa shape index (κ3) is 16.4. The minimum atomic E-state index is -1.57. The number of benzene rings is 4. The largest absolute Gasteiger partial charge is 0.444 e. The van der Waals surface area contributed by atoms with Gasteiger partial charge in [0.15, 0.2) is 0 Å². The van der Waals surface area contributed by atoms with E-state index < -0.39 is 106 Å². The maximum Gasteiger partial charge on any atom is 0.410 e. The Kier molecular flexibility index (Phi) is 21.3. The lowest BCUT2D eigenvalue weighted by molar-refractivity contribution is -0.144. The molecule has 5 aliphatic heterocycles. The summed E-state index contributed by atoms with van der Waals surface area (Å²) >= 11 is 0. The van der Waals surface area contributed by atoms with E-state index in [1.54, 1.807) is 61.8 Å². The van der Waals surface area contributed by atoms with Gasteiger partial charge in [0.2, 0.25) is 29.5 Å². The topological polar surface area (TPSA) is 241 Å². The van der Waals surface area contributed by atoms with E-state index in [-0.39, 0.29) is 73.9 Å². The Morgan fingerprint density at radius 3 is 2.12 bits per heavy atom. The Balaban J connectivity index is 0.947. The van der Waals surface area contributed by atoms with Crippen LogP contribution in [0.2, 0.25) is 0 Å². The summed E-state index contributed by atoms with van der Waals surface area (Å²) in [5.41, 5.74) is -0.379. The lowest BCUT2D eigenvalue weighted by Gasteiger charge is -2.47. The quantitative estimate of drug-likeness (QED) is 0.0813. The third-order valence-corrected chi connectivity index (χ3v) is 17.9. The molecule has 4 aromatic carbocycles. The molecule has 7 atom stereocenters. The second kappa shape index (κ2) is 28.6. The fourth-order valence-electron chi connectivity index (χ4n) is 12.7. The molecule has 4 aromatic rings. The standard InChI is InChI=1S/C68H87F3N10O12/c1-40-33-78(49(35-77-25-28-91-38-41(77)2)36-79(40)65(89)93-67(7,8)9)37-56(83)81-39-68(10,51-22-17-44(30-54(51)81)29-43-15-19-47(69)20-16-43)63(87)72-32-55(82)73-48-21-18-46-34-80(59(50(46)31-48)61(85)75-58-52(70)13-12-14-53(58)71)62(86)57(45-23-26-90-27-24-45)74-60(84)42(3)76(11)64(88)92-66(4,5)6/h12-22,30-31,40-42,45,49,57,59H,23-29,32-39H2,1-11H3,(H,72,87)(H,73,82)(H,74,84)(H,75,85)/t40-,41-,42+,49+,57?,59+,68+/m1/s1. The predicted octanol–water partition coefficient (Wildman–Crippen LogP) is 7.27. The number of piperazine rings is 1. The molecule has 0 aromatic heterocycles. The van der Waals surface area contributed by atoms with E-state index in [1.165, 1.54) is 43.1 Å². The van der Waals surface area contributed by atoms with Gasteiger partial charge in [-0.15, -0.1) is 0 Å². The van der Waals surface area contributed by atoms with Crippen LogP contribution in [0.3, 0.4) is 0 Å². The van der Waals surface area contributed by atoms with Gasteiger partial charge in [-0.25, -0.2) is 22.8 Å². The van der Waals surface area contributed by atoms with Gasteiger partial charge in [-0.2, -0.15) is 0 Å². The van der Waals surface area contributed by atoms with Gasteiger partial charge in [-0.3, -0.25) is 43.5 Å². The van der Waals surface area contributed by atoms with Gasteiger partial charge in [0, 0.05) is 89.0 Å². The summed E-state index contributed by atoms with van der Waals surface area (Å²) in [5.74, 6) is -7.02. The van der Waals surface area contributed by atoms with Crippen molar-refractivity contribution in [2.75, 3.05) is 94.8 Å². The molecule has 502 valence electrons. The van der Waals surface area contributed by atoms with Crippen LogP contribution >= 0.6 is 0 Å². The zero-order valence-electron chi connectivity index (χ0n) is 54.9. The zero-order chi connectivity index (χ0) is 67.4. The number of nitrogens with one attached hydrogen (secondary N) is 4. The van der Waals surface area contributed by atoms with Gasteiger partial charge < -0.3 is 54.9 Å². The molecule has 3 fully saturated rings. The van der Waals surface area contributed by atoms with Crippen LogP contribution in [0.15, 0.2) is 78.9 Å². The molecule has 0 saturated carbocycles. The third-order valence-electron chi connectivity index (χ3n) is 17.9. The Hall–Kier alpha value is -8.13. The van der Waals surface area contributed by atoms with Crippen molar-refractivity contribution in [2.45, 2.75) is 148 Å². The molecule has 4 N–H and O–H groups in total. The summed E-state index contributed by atoms with van der Waals surface area (Å²) in [5, 5.41) is 10.7. The number of likely N-dealkylation sites (N-methyl/N-ethyl adjacent to an activating group) is 1. The van der Waals surface area contributed by atoms with Crippen LogP contribution < -0.4 is 26.2 Å². The fraction of sp³-hybridized carbons (Fsp3) is 0.529. The van der Waals surface area contributed by atoms with E-state index in [0.29, 0.717) is 75.5 Å². The molecule has 25 heteroatoms. The zero-order valence-corrected chi connectivity index (χ0v) is 54.9. The van der Waals surface area contributed by atoms with Gasteiger partial charge in [-0.1, -0.05) is 36.4 Å². The van der Waals surface area contributed by atoms with Crippen molar-refractivity contribution < 1.29 is 70.5 Å². The maximum absolute atomic E-state index is 15.2. The molecule has 9 rings (SSSR count). The smallest absolute Gasteiger partial charge is 0.410 e. The van der Waals surface area contributed by atoms with Crippen LogP contribution in [-0.2, 0) is 66.1 Å². The molecule has 0 radical (unpaired) electrons. The highest BCUT2D eigenvalue weighted by Crippen LogP contribution is 2.43. The SMILES string of the molecule is C[C@@H]1COCCN1C[C@H]1CN(C(=O)OC(C)(C)C)[C@H](C)CN1CC(=O)N1C[C@](C)(C(=O)NCC(=O)Nc2ccc3c(c2)[C@@H](C(=O)Nc2c(F)cccc2F)N(C(=O)C(NC(=O)[C@H](C)N(C)C(=O)OC(C)(C)C)C2CCOCC2)C3)c2ccc(Cc3ccc(F)cc3)cc21. The molecule has 3 saturated heterocycles. The van der Waals surface area contributed by atoms with E-state index in [9.17, 15) is 33.2 Å². The number of hydrogen-bond acceptors (Lipinski definition) is 14. The number of amides is 8. The summed E-state index contributed by atoms with van der Waals surface area (Å²) in [7, 11) is 1.39. The van der Waals surface area contributed by atoms with E-state index in [1.807, 2.05) is 39.8 Å². The summed E-state index contributed by atoms with van der Waals surface area (Å²) in [6.45, 7) is 20.2. The first kappa shape index (κ1) is 69.2. The first-order valence-corrected chi connectivity index (χ1v) is 31.7. The predicted molar refractivity (Wildman–Crippen MR) is 340 cm³/mol. The molecule has 0 spiro atoms. The number of anilines is 3. The molecule has 1 unspecified atom stereocenters. The highest BCUT2D eigenvalue weighted by Gasteiger charge is 2.49. The van der Waals surface area contributed by atoms with Crippen molar-refractivity contribution in [1.29, 1.82) is 0 Å². The number of para-hydroxylation sites is 1. The second-order valence-corrected chi connectivity index (χ2v) is 27.3. The van der Waals surface area contributed by atoms with E-state index in [2.05, 4.69) is 38.0 Å². The van der Waals surface area contributed by atoms with Crippen LogP contribution in [0, 0.1) is 23.4 Å². The van der Waals surface area contributed by atoms with Crippen LogP contribution in [0.25, 0.3) is 0 Å². The van der Waals surface area contributed by atoms with Gasteiger partial charge in [0.25, 0.3) is 5.91 Å². The molecule has 0 bridgehead atoms. The average Bonchev–Trinajstić information content (AvgIpc) is 1.61. The Bertz CT molecular complexity index is 3450. The Morgan fingerprint density at radius 1 is 0.774 bits per heavy atom. The van der Waals surface area contributed by atoms with Crippen LogP contribution in [0.5, 0.6) is 0 Å². The number of rotatable bonds is 17. The number of morpholine rings is 1. The van der Waals surface area contributed by atoms with Gasteiger partial charge in [0.1, 0.15) is 52.5 Å². The summed E-state index contributed by atoms with van der Waals surface area (Å²) in [6, 6.07) is 14.7. The van der Waals surface area contributed by atoms with Crippen molar-refractivity contribution >= 4 is 64.7 Å². The number of carbonyl (C=O) groups excluding carboxylic acids is 8. The molecule has 8 amide bonds. The normalized spacial score (nSPS) is 21.8. The van der Waals surface area contributed by atoms with E-state index in [4.69, 9.17) is 18.9 Å². The number of carbonyl (C=O) groups is 8. The molecule has 5 heterocycles. The van der Waals surface area contributed by atoms with Gasteiger partial charge in [-0.05, 0) is 165 Å². The molecule has 93 heavy (non-hydrogen) atoms. The Labute approximate surface area is 541 Å². The van der Waals surface area contributed by atoms with Crippen molar-refractivity contribution in [3.05, 3.63) is 124 Å². The number of fused-ring (bicyclic) bond motifs is 2. The number of halogens is 3. The lowest BCUT2D eigenvalue weighted by Crippen LogP contribution is -2.64. The molecule has 0 aliphatic carbocycles. The number of hydrogen-bond donors (Lipinski definition) is 4. The molecule has 5 aliphatic rings. The molecular weight excluding hydrogens is 1210 g/mol. The van der Waals surface area contributed by atoms with Crippen molar-refractivity contribution in [1.82, 2.24) is 35.1 Å². The van der Waals surface area contributed by atoms with Gasteiger partial charge >= 0.3 is 12.2 Å². The van der Waals surface area contributed by atoms with Crippen molar-refractivity contribution in [2.24, 2.45) is 5.92 Å². The monoisotopic (exact) mass is 1290 g/mol. The minimum Gasteiger partial charge on any atom is -0.444 e. The highest BCUT2D eigenvalue weighted by molar-refractivity contribution is 6.05. The Morgan fingerprint density at radius 2 is 1.45 bits per heavy atom. The first-order chi connectivity index (χ1) is 43.9. The van der Waals surface area contributed by atoms with Crippen LogP contribution in [-0.4, -0.2) is 193 Å². The van der Waals surface area contributed by atoms with Crippen LogP contribution in [0.1, 0.15) is 116 Å². The summed E-state index contributed by atoms with van der Waals surface area (Å²) in [4.78, 5) is 125. The van der Waals surface area contributed by atoms with Crippen molar-refractivity contribution in [3.8, 4) is 0 Å². The molecular formula is C68H87F3N10O12. The highest BCUT2D eigenvalue weighted by atomic mass is 19.1. The number of ether oxygens (including phenoxy) is 4. The summed E-state index contributed by atoms with van der Waals surface area (Å²) in [6.07, 6.45) is -0.153. The summed E-state index contributed by atoms with van der Waals surface area (Å²) < 4.78 is 67.2. The van der Waals surface area contributed by atoms with E-state index in [0.717, 1.165) is 34.2 Å². The average molecular weight is 1290 g/mol. The van der Waals surface area contributed by atoms with Crippen LogP contribution in [0.4, 0.5) is 39.8 Å². The number of nitrogens with zero attached hydrogens (tertiary/aromatic N) is 6. The van der Waals surface area contributed by atoms with E-state index >= 15 is 18.4 Å². The second-order valence-electron chi connectivity index (χ2n) is 27.3. The first-order valence-electron chi connectivity index (χ1n) is 31.7. The maximum atomic E-state index is 15.2. The molecule has 22 nitrogen and oxygen atoms in total. The van der Waals surface area contributed by atoms with Crippen molar-refractivity contribution in [3.63, 3.8) is 0 Å². The minimum absolute atomic E-state index is 0.0611. The van der Waals surface area contributed by atoms with Gasteiger partial charge in [0.05, 0.1) is 31.7 Å². The fourth-order valence-corrected chi connectivity index (χ4v) is 12.7.